The molecule has 0 saturated carbocycles. The van der Waals surface area contributed by atoms with E-state index >= 15 is 0 Å². The van der Waals surface area contributed by atoms with Crippen LogP contribution in [-0.4, -0.2) is 39.6 Å². The zero-order valence-electron chi connectivity index (χ0n) is 12.2. The molecule has 2 heterocycles. The molecule has 3 atom stereocenters. The van der Waals surface area contributed by atoms with Gasteiger partial charge in [-0.1, -0.05) is 6.07 Å². The van der Waals surface area contributed by atoms with Crippen LogP contribution in [-0.2, 0) is 23.8 Å². The highest BCUT2D eigenvalue weighted by molar-refractivity contribution is 5.83. The highest BCUT2D eigenvalue weighted by atomic mass is 16.7. The summed E-state index contributed by atoms with van der Waals surface area (Å²) >= 11 is 0. The maximum Gasteiger partial charge on any atom is 0.312 e. The minimum atomic E-state index is -0.752. The number of hydrogen-bond donors (Lipinski definition) is 0. The summed E-state index contributed by atoms with van der Waals surface area (Å²) in [6, 6.07) is 5.29. The lowest BCUT2D eigenvalue weighted by Gasteiger charge is -2.19. The smallest absolute Gasteiger partial charge is 0.312 e. The Labute approximate surface area is 127 Å². The molecular weight excluding hydrogens is 292 g/mol. The topological polar surface area (TPSA) is 80.3 Å². The Morgan fingerprint density at radius 1 is 1.09 bits per heavy atom. The Morgan fingerprint density at radius 3 is 2.55 bits per heavy atom. The maximum absolute atomic E-state index is 12.1. The molecule has 3 rings (SSSR count). The normalized spacial score (nSPS) is 25.8. The second-order valence-corrected chi connectivity index (χ2v) is 5.05. The summed E-state index contributed by atoms with van der Waals surface area (Å²) < 4.78 is 25.8. The Morgan fingerprint density at radius 2 is 1.82 bits per heavy atom. The van der Waals surface area contributed by atoms with Crippen molar-refractivity contribution in [2.24, 2.45) is 11.8 Å². The van der Waals surface area contributed by atoms with Crippen molar-refractivity contribution in [3.8, 4) is 11.5 Å². The van der Waals surface area contributed by atoms with Gasteiger partial charge in [0.25, 0.3) is 0 Å². The van der Waals surface area contributed by atoms with Gasteiger partial charge < -0.3 is 23.7 Å². The molecule has 0 spiro atoms. The van der Waals surface area contributed by atoms with Crippen molar-refractivity contribution >= 4 is 11.9 Å². The molecule has 0 radical (unpaired) electrons. The number of rotatable bonds is 3. The lowest BCUT2D eigenvalue weighted by Crippen LogP contribution is -2.31. The fourth-order valence-corrected chi connectivity index (χ4v) is 2.81. The van der Waals surface area contributed by atoms with Crippen molar-refractivity contribution < 1.29 is 33.3 Å². The van der Waals surface area contributed by atoms with E-state index in [2.05, 4.69) is 0 Å². The highest BCUT2D eigenvalue weighted by Gasteiger charge is 2.48. The molecule has 2 aliphatic heterocycles. The van der Waals surface area contributed by atoms with E-state index in [1.54, 1.807) is 18.2 Å². The van der Waals surface area contributed by atoms with Crippen molar-refractivity contribution in [3.63, 3.8) is 0 Å². The van der Waals surface area contributed by atoms with Gasteiger partial charge in [-0.25, -0.2) is 0 Å². The van der Waals surface area contributed by atoms with Crippen LogP contribution in [0, 0.1) is 11.8 Å². The number of hydrogen-bond acceptors (Lipinski definition) is 7. The molecule has 1 saturated heterocycles. The van der Waals surface area contributed by atoms with Gasteiger partial charge in [0.2, 0.25) is 6.79 Å². The monoisotopic (exact) mass is 308 g/mol. The Hall–Kier alpha value is -2.28. The molecule has 0 aliphatic carbocycles. The van der Waals surface area contributed by atoms with Gasteiger partial charge in [0.1, 0.15) is 5.92 Å². The maximum atomic E-state index is 12.1. The van der Waals surface area contributed by atoms with Crippen molar-refractivity contribution in [2.75, 3.05) is 27.6 Å². The molecule has 0 unspecified atom stereocenters. The van der Waals surface area contributed by atoms with E-state index in [1.165, 1.54) is 14.2 Å². The van der Waals surface area contributed by atoms with E-state index < -0.39 is 29.9 Å². The number of carbonyl (C=O) groups excluding carboxylic acids is 2. The van der Waals surface area contributed by atoms with Crippen LogP contribution in [0.25, 0.3) is 0 Å². The van der Waals surface area contributed by atoms with Crippen molar-refractivity contribution in [1.82, 2.24) is 0 Å². The predicted octanol–water partition coefficient (Wildman–Crippen LogP) is 1.06. The SMILES string of the molecule is COC(=O)[C@H]1[C@H](C(=O)OC)CO[C@H]1c1ccc2c(c1)OCO2. The van der Waals surface area contributed by atoms with E-state index in [9.17, 15) is 9.59 Å². The first-order chi connectivity index (χ1) is 10.7. The fraction of sp³-hybridized carbons (Fsp3) is 0.467. The molecule has 1 fully saturated rings. The second kappa shape index (κ2) is 5.84. The molecular formula is C15H16O7. The minimum Gasteiger partial charge on any atom is -0.469 e. The summed E-state index contributed by atoms with van der Waals surface area (Å²) in [4.78, 5) is 24.0. The first-order valence-electron chi connectivity index (χ1n) is 6.82. The lowest BCUT2D eigenvalue weighted by molar-refractivity contribution is -0.156. The van der Waals surface area contributed by atoms with Gasteiger partial charge in [-0.15, -0.1) is 0 Å². The third-order valence-corrected chi connectivity index (χ3v) is 3.92. The van der Waals surface area contributed by atoms with Crippen molar-refractivity contribution in [1.29, 1.82) is 0 Å². The van der Waals surface area contributed by atoms with Crippen LogP contribution in [0.4, 0.5) is 0 Å². The number of ether oxygens (including phenoxy) is 5. The Kier molecular flexibility index (Phi) is 3.89. The largest absolute Gasteiger partial charge is 0.469 e. The molecule has 0 aromatic heterocycles. The summed E-state index contributed by atoms with van der Waals surface area (Å²) in [6.45, 7) is 0.265. The molecule has 7 heteroatoms. The number of methoxy groups -OCH3 is 2. The molecule has 118 valence electrons. The molecule has 7 nitrogen and oxygen atoms in total. The molecule has 0 N–H and O–H groups in total. The van der Waals surface area contributed by atoms with Crippen molar-refractivity contribution in [2.45, 2.75) is 6.10 Å². The fourth-order valence-electron chi connectivity index (χ4n) is 2.81. The summed E-state index contributed by atoms with van der Waals surface area (Å²) in [5.41, 5.74) is 0.728. The van der Waals surface area contributed by atoms with E-state index in [4.69, 9.17) is 23.7 Å². The number of benzene rings is 1. The molecule has 1 aromatic rings. The third-order valence-electron chi connectivity index (χ3n) is 3.92. The van der Waals surface area contributed by atoms with Crippen LogP contribution in [0.1, 0.15) is 11.7 Å². The zero-order valence-corrected chi connectivity index (χ0v) is 12.2. The standard InChI is InChI=1S/C15H16O7/c1-18-14(16)9-6-20-13(12(9)15(17)19-2)8-3-4-10-11(5-8)22-7-21-10/h3-5,9,12-13H,6-7H2,1-2H3/t9-,12+,13+/m1/s1. The predicted molar refractivity (Wildman–Crippen MR) is 72.3 cm³/mol. The van der Waals surface area contributed by atoms with Crippen LogP contribution < -0.4 is 9.47 Å². The van der Waals surface area contributed by atoms with Gasteiger partial charge in [0, 0.05) is 0 Å². The zero-order chi connectivity index (χ0) is 15.7. The summed E-state index contributed by atoms with van der Waals surface area (Å²) in [5, 5.41) is 0. The van der Waals surface area contributed by atoms with E-state index in [0.29, 0.717) is 11.5 Å². The quantitative estimate of drug-likeness (QED) is 0.772. The lowest BCUT2D eigenvalue weighted by atomic mass is 9.87. The van der Waals surface area contributed by atoms with E-state index in [-0.39, 0.29) is 13.4 Å². The van der Waals surface area contributed by atoms with Crippen LogP contribution in [0.3, 0.4) is 0 Å². The van der Waals surface area contributed by atoms with Gasteiger partial charge in [-0.05, 0) is 17.7 Å². The van der Waals surface area contributed by atoms with Crippen LogP contribution >= 0.6 is 0 Å². The van der Waals surface area contributed by atoms with Gasteiger partial charge in [0.05, 0.1) is 32.8 Å². The average Bonchev–Trinajstić information content (AvgIpc) is 3.18. The average molecular weight is 308 g/mol. The first-order valence-corrected chi connectivity index (χ1v) is 6.82. The molecule has 0 amide bonds. The molecule has 1 aromatic carbocycles. The first kappa shape index (κ1) is 14.6. The third kappa shape index (κ3) is 2.37. The summed E-state index contributed by atoms with van der Waals surface area (Å²) in [7, 11) is 2.57. The van der Waals surface area contributed by atoms with Crippen molar-refractivity contribution in [3.05, 3.63) is 23.8 Å². The van der Waals surface area contributed by atoms with Gasteiger partial charge in [0.15, 0.2) is 11.5 Å². The number of esters is 2. The molecule has 22 heavy (non-hydrogen) atoms. The molecule has 2 aliphatic rings. The van der Waals surface area contributed by atoms with E-state index in [1.807, 2.05) is 0 Å². The minimum absolute atomic E-state index is 0.103. The van der Waals surface area contributed by atoms with E-state index in [0.717, 1.165) is 5.56 Å². The van der Waals surface area contributed by atoms with Gasteiger partial charge in [-0.3, -0.25) is 9.59 Å². The van der Waals surface area contributed by atoms with Gasteiger partial charge in [-0.2, -0.15) is 0 Å². The summed E-state index contributed by atoms with van der Waals surface area (Å²) in [5.74, 6) is -1.20. The molecule has 0 bridgehead atoms. The number of fused-ring (bicyclic) bond motifs is 1. The highest BCUT2D eigenvalue weighted by Crippen LogP contribution is 2.43. The Bertz CT molecular complexity index is 598. The second-order valence-electron chi connectivity index (χ2n) is 5.05. The van der Waals surface area contributed by atoms with Gasteiger partial charge >= 0.3 is 11.9 Å². The van der Waals surface area contributed by atoms with Crippen LogP contribution in [0.5, 0.6) is 11.5 Å². The van der Waals surface area contributed by atoms with Crippen LogP contribution in [0.2, 0.25) is 0 Å². The van der Waals surface area contributed by atoms with Crippen LogP contribution in [0.15, 0.2) is 18.2 Å². The summed E-state index contributed by atoms with van der Waals surface area (Å²) in [6.07, 6.45) is -0.592. The Balaban J connectivity index is 1.91. The number of carbonyl (C=O) groups is 2.